The number of aromatic nitrogens is 1. The third-order valence-corrected chi connectivity index (χ3v) is 5.72. The van der Waals surface area contributed by atoms with Gasteiger partial charge in [0.15, 0.2) is 29.7 Å². The smallest absolute Gasteiger partial charge is 0.352 e. The Morgan fingerprint density at radius 1 is 1.18 bits per heavy atom. The van der Waals surface area contributed by atoms with E-state index >= 15 is 0 Å². The fraction of sp³-hybridized carbons (Fsp3) is 0.560. The molecule has 0 aromatic carbocycles. The molecule has 0 radical (unpaired) electrons. The van der Waals surface area contributed by atoms with Crippen molar-refractivity contribution in [3.05, 3.63) is 23.5 Å². The Labute approximate surface area is 219 Å². The molecule has 1 fully saturated rings. The Morgan fingerprint density at radius 2 is 1.87 bits per heavy atom. The third kappa shape index (κ3) is 7.49. The van der Waals surface area contributed by atoms with Gasteiger partial charge in [-0.25, -0.2) is 14.6 Å². The molecule has 1 N–H and O–H groups in total. The lowest BCUT2D eigenvalue weighted by Crippen LogP contribution is -2.47. The van der Waals surface area contributed by atoms with Crippen LogP contribution in [0.25, 0.3) is 0 Å². The summed E-state index contributed by atoms with van der Waals surface area (Å²) in [5, 5.41) is 2.38. The van der Waals surface area contributed by atoms with Gasteiger partial charge in [0.1, 0.15) is 12.7 Å². The summed E-state index contributed by atoms with van der Waals surface area (Å²) < 4.78 is 26.0. The van der Waals surface area contributed by atoms with Gasteiger partial charge in [0, 0.05) is 6.20 Å². The second-order valence-corrected chi connectivity index (χ2v) is 8.97. The first-order valence-electron chi connectivity index (χ1n) is 12.1. The number of esters is 4. The Bertz CT molecular complexity index is 1070. The minimum Gasteiger partial charge on any atom is -0.463 e. The van der Waals surface area contributed by atoms with E-state index in [-0.39, 0.29) is 24.3 Å². The first kappa shape index (κ1) is 30.2. The van der Waals surface area contributed by atoms with Crippen LogP contribution in [0.1, 0.15) is 57.1 Å². The molecule has 13 heteroatoms. The number of amides is 1. The van der Waals surface area contributed by atoms with Crippen LogP contribution in [0.4, 0.5) is 0 Å². The van der Waals surface area contributed by atoms with Crippen LogP contribution < -0.4 is 10.1 Å². The van der Waals surface area contributed by atoms with E-state index in [0.717, 1.165) is 0 Å². The maximum absolute atomic E-state index is 13.1. The molecule has 0 saturated carbocycles. The maximum Gasteiger partial charge on any atom is 0.352 e. The van der Waals surface area contributed by atoms with Crippen molar-refractivity contribution in [3.8, 4) is 5.75 Å². The summed E-state index contributed by atoms with van der Waals surface area (Å²) in [6, 6.07) is 0.0281. The molecule has 0 spiro atoms. The van der Waals surface area contributed by atoms with Crippen LogP contribution in [0, 0.1) is 18.8 Å². The summed E-state index contributed by atoms with van der Waals surface area (Å²) in [5.74, 6) is -5.75. The lowest BCUT2D eigenvalue weighted by molar-refractivity contribution is -0.176. The van der Waals surface area contributed by atoms with Crippen molar-refractivity contribution in [1.29, 1.82) is 0 Å². The van der Waals surface area contributed by atoms with E-state index in [1.807, 2.05) is 0 Å². The number of nitrogens with one attached hydrogen (secondary N) is 1. The number of rotatable bonds is 9. The number of aryl methyl sites for hydroxylation is 1. The van der Waals surface area contributed by atoms with Crippen LogP contribution in [0.5, 0.6) is 5.75 Å². The predicted octanol–water partition coefficient (Wildman–Crippen LogP) is 1.04. The minimum atomic E-state index is -1.45. The Morgan fingerprint density at radius 3 is 2.47 bits per heavy atom. The van der Waals surface area contributed by atoms with Crippen molar-refractivity contribution in [2.75, 3.05) is 6.61 Å². The Kier molecular flexibility index (Phi) is 10.7. The predicted molar refractivity (Wildman–Crippen MR) is 127 cm³/mol. The largest absolute Gasteiger partial charge is 0.463 e. The van der Waals surface area contributed by atoms with E-state index in [0.29, 0.717) is 5.56 Å². The van der Waals surface area contributed by atoms with Crippen LogP contribution in [-0.4, -0.2) is 72.2 Å². The number of hydrogen-bond donors (Lipinski definition) is 1. The van der Waals surface area contributed by atoms with E-state index in [9.17, 15) is 28.8 Å². The number of hydrogen-bond acceptors (Lipinski definition) is 12. The molecule has 2 heterocycles. The summed E-state index contributed by atoms with van der Waals surface area (Å²) in [6.07, 6.45) is -1.86. The second-order valence-electron chi connectivity index (χ2n) is 8.97. The molecule has 1 aromatic heterocycles. The van der Waals surface area contributed by atoms with E-state index in [2.05, 4.69) is 15.0 Å². The summed E-state index contributed by atoms with van der Waals surface area (Å²) in [4.78, 5) is 77.8. The molecule has 1 aliphatic rings. The molecule has 0 bridgehead atoms. The molecular weight excluding hydrogens is 504 g/mol. The fourth-order valence-electron chi connectivity index (χ4n) is 3.47. The van der Waals surface area contributed by atoms with Crippen LogP contribution in [0.3, 0.4) is 0 Å². The molecular formula is C25H32N2O11. The molecule has 0 unspecified atom stereocenters. The van der Waals surface area contributed by atoms with Gasteiger partial charge in [-0.1, -0.05) is 20.8 Å². The zero-order valence-corrected chi connectivity index (χ0v) is 22.0. The molecule has 1 aromatic rings. The second kappa shape index (κ2) is 13.5. The highest BCUT2D eigenvalue weighted by Gasteiger charge is 2.41. The molecule has 13 nitrogen and oxygen atoms in total. The van der Waals surface area contributed by atoms with Crippen molar-refractivity contribution in [2.24, 2.45) is 11.8 Å². The summed E-state index contributed by atoms with van der Waals surface area (Å²) in [5.41, 5.74) is 0.00775. The third-order valence-electron chi connectivity index (χ3n) is 5.72. The number of cyclic esters (lactones) is 2. The van der Waals surface area contributed by atoms with Gasteiger partial charge in [0.25, 0.3) is 12.4 Å². The topological polar surface area (TPSA) is 173 Å². The van der Waals surface area contributed by atoms with Gasteiger partial charge in [-0.3, -0.25) is 19.2 Å². The van der Waals surface area contributed by atoms with E-state index in [1.165, 1.54) is 26.1 Å². The zero-order valence-electron chi connectivity index (χ0n) is 22.0. The van der Waals surface area contributed by atoms with Crippen LogP contribution in [0.15, 0.2) is 12.3 Å². The van der Waals surface area contributed by atoms with Crippen molar-refractivity contribution in [2.45, 2.75) is 72.3 Å². The first-order valence-corrected chi connectivity index (χ1v) is 12.1. The molecule has 1 amide bonds. The number of carbonyl (C=O) groups excluding carboxylic acids is 6. The number of ether oxygens (including phenoxy) is 5. The highest BCUT2D eigenvalue weighted by Crippen LogP contribution is 2.25. The van der Waals surface area contributed by atoms with Crippen LogP contribution in [-0.2, 0) is 42.9 Å². The van der Waals surface area contributed by atoms with Crippen molar-refractivity contribution >= 4 is 36.3 Å². The van der Waals surface area contributed by atoms with Crippen LogP contribution >= 0.6 is 0 Å². The van der Waals surface area contributed by atoms with Gasteiger partial charge >= 0.3 is 23.9 Å². The van der Waals surface area contributed by atoms with Gasteiger partial charge in [0.2, 0.25) is 0 Å². The average Bonchev–Trinajstić information content (AvgIpc) is 2.89. The highest BCUT2D eigenvalue weighted by molar-refractivity contribution is 5.98. The van der Waals surface area contributed by atoms with Gasteiger partial charge < -0.3 is 29.0 Å². The van der Waals surface area contributed by atoms with Crippen molar-refractivity contribution in [3.63, 3.8) is 0 Å². The molecule has 1 saturated heterocycles. The van der Waals surface area contributed by atoms with E-state index < -0.39 is 72.6 Å². The van der Waals surface area contributed by atoms with Gasteiger partial charge in [-0.15, -0.1) is 0 Å². The Balaban J connectivity index is 2.28. The standard InChI is InChI=1S/C25H32N2O11/c1-7-16-20(38-22(30)12(2)3)14(5)36-25(33)17(10-34-24(16)32)27-21(29)18-19(13(4)8-9-26-18)37-23(31)15(6)35-11-28/h8-9,11-12,14-17,20H,7,10H2,1-6H3,(H,27,29)/t14-,15-,16+,17-,20-/m0/s1. The molecule has 208 valence electrons. The van der Waals surface area contributed by atoms with Gasteiger partial charge in [-0.05, 0) is 38.8 Å². The molecule has 5 atom stereocenters. The average molecular weight is 537 g/mol. The molecule has 0 aliphatic carbocycles. The van der Waals surface area contributed by atoms with E-state index in [1.54, 1.807) is 27.7 Å². The number of carbonyl (C=O) groups is 6. The zero-order chi connectivity index (χ0) is 28.6. The molecule has 1 aliphatic heterocycles. The number of pyridine rings is 1. The molecule has 2 rings (SSSR count). The highest BCUT2D eigenvalue weighted by atomic mass is 16.6. The maximum atomic E-state index is 13.1. The monoisotopic (exact) mass is 536 g/mol. The first-order chi connectivity index (χ1) is 17.9. The normalized spacial score (nSPS) is 22.5. The van der Waals surface area contributed by atoms with Gasteiger partial charge in [-0.2, -0.15) is 0 Å². The van der Waals surface area contributed by atoms with Gasteiger partial charge in [0.05, 0.1) is 11.8 Å². The molecule has 38 heavy (non-hydrogen) atoms. The minimum absolute atomic E-state index is 0.0815. The Hall–Kier alpha value is -4.03. The van der Waals surface area contributed by atoms with E-state index in [4.69, 9.17) is 18.9 Å². The van der Waals surface area contributed by atoms with Crippen molar-refractivity contribution in [1.82, 2.24) is 10.3 Å². The fourth-order valence-corrected chi connectivity index (χ4v) is 3.47. The lowest BCUT2D eigenvalue weighted by atomic mass is 9.95. The lowest BCUT2D eigenvalue weighted by Gasteiger charge is -2.29. The summed E-state index contributed by atoms with van der Waals surface area (Å²) in [6.45, 7) is 8.76. The summed E-state index contributed by atoms with van der Waals surface area (Å²) >= 11 is 0. The number of nitrogens with zero attached hydrogens (tertiary/aromatic N) is 1. The SMILES string of the molecule is CC[C@H]1C(=O)OC[C@H](NC(=O)c2nccc(C)c2OC(=O)[C@H](C)OC=O)C(=O)O[C@@H](C)[C@@H]1OC(=O)C(C)C. The van der Waals surface area contributed by atoms with Crippen molar-refractivity contribution < 1.29 is 52.5 Å². The van der Waals surface area contributed by atoms with Crippen LogP contribution in [0.2, 0.25) is 0 Å². The summed E-state index contributed by atoms with van der Waals surface area (Å²) in [7, 11) is 0. The quantitative estimate of drug-likeness (QED) is 0.270.